The standard InChI is InChI=1S/C27H31FN4O4/c1-5-30(6-2)10-11-31-25(34)27(3)15-19-18-13-22(36-4)20(28)14-21(18)29-23(19)24(32(27)26(31)35)16-8-7-9-17(33)12-16/h7-9,12-14,24,29,33H,5-6,10-11,15H2,1-4H3. The molecule has 1 aromatic heterocycles. The van der Waals surface area contributed by atoms with Crippen molar-refractivity contribution >= 4 is 22.8 Å². The number of imide groups is 1. The fourth-order valence-corrected chi connectivity index (χ4v) is 5.69. The van der Waals surface area contributed by atoms with Gasteiger partial charge >= 0.3 is 6.03 Å². The number of H-pyrrole nitrogens is 1. The van der Waals surface area contributed by atoms with E-state index in [1.54, 1.807) is 36.1 Å². The molecular formula is C27H31FN4O4. The van der Waals surface area contributed by atoms with E-state index in [-0.39, 0.29) is 29.9 Å². The summed E-state index contributed by atoms with van der Waals surface area (Å²) in [5.74, 6) is -0.584. The molecule has 2 aromatic carbocycles. The maximum Gasteiger partial charge on any atom is 0.328 e. The molecule has 3 heterocycles. The van der Waals surface area contributed by atoms with E-state index in [9.17, 15) is 19.1 Å². The zero-order valence-corrected chi connectivity index (χ0v) is 21.0. The van der Waals surface area contributed by atoms with Gasteiger partial charge in [-0.15, -0.1) is 0 Å². The molecule has 9 heteroatoms. The number of methoxy groups -OCH3 is 1. The van der Waals surface area contributed by atoms with Gasteiger partial charge in [-0.05, 0) is 49.3 Å². The van der Waals surface area contributed by atoms with Gasteiger partial charge < -0.3 is 19.7 Å². The summed E-state index contributed by atoms with van der Waals surface area (Å²) >= 11 is 0. The van der Waals surface area contributed by atoms with Crippen LogP contribution in [0, 0.1) is 5.82 Å². The van der Waals surface area contributed by atoms with Crippen LogP contribution in [-0.4, -0.2) is 75.6 Å². The van der Waals surface area contributed by atoms with Crippen LogP contribution < -0.4 is 4.74 Å². The van der Waals surface area contributed by atoms with Crippen molar-refractivity contribution in [2.24, 2.45) is 0 Å². The monoisotopic (exact) mass is 494 g/mol. The number of nitrogens with one attached hydrogen (secondary N) is 1. The summed E-state index contributed by atoms with van der Waals surface area (Å²) in [6.45, 7) is 8.44. The van der Waals surface area contributed by atoms with E-state index >= 15 is 0 Å². The van der Waals surface area contributed by atoms with Gasteiger partial charge in [0.2, 0.25) is 0 Å². The predicted molar refractivity (Wildman–Crippen MR) is 134 cm³/mol. The van der Waals surface area contributed by atoms with Crippen molar-refractivity contribution in [1.29, 1.82) is 0 Å². The molecule has 2 atom stereocenters. The minimum Gasteiger partial charge on any atom is -0.508 e. The van der Waals surface area contributed by atoms with Crippen molar-refractivity contribution in [3.05, 3.63) is 59.0 Å². The summed E-state index contributed by atoms with van der Waals surface area (Å²) in [5.41, 5.74) is 1.62. The average Bonchev–Trinajstić information content (AvgIpc) is 3.29. The molecule has 2 unspecified atom stereocenters. The number of ether oxygens (including phenoxy) is 1. The number of hydrogen-bond acceptors (Lipinski definition) is 5. The lowest BCUT2D eigenvalue weighted by Gasteiger charge is -2.42. The first-order valence-corrected chi connectivity index (χ1v) is 12.3. The molecule has 1 saturated heterocycles. The first-order valence-electron chi connectivity index (χ1n) is 12.3. The second kappa shape index (κ2) is 8.81. The van der Waals surface area contributed by atoms with Gasteiger partial charge in [0, 0.05) is 42.2 Å². The molecule has 8 nitrogen and oxygen atoms in total. The molecule has 3 aromatic rings. The molecule has 2 aliphatic rings. The Morgan fingerprint density at radius 2 is 1.97 bits per heavy atom. The summed E-state index contributed by atoms with van der Waals surface area (Å²) in [6, 6.07) is 8.68. The number of urea groups is 1. The van der Waals surface area contributed by atoms with Gasteiger partial charge in [0.15, 0.2) is 11.6 Å². The number of likely N-dealkylation sites (N-methyl/N-ethyl adjacent to an activating group) is 1. The van der Waals surface area contributed by atoms with Crippen LogP contribution in [0.1, 0.15) is 43.6 Å². The summed E-state index contributed by atoms with van der Waals surface area (Å²) in [6.07, 6.45) is 0.277. The molecule has 0 saturated carbocycles. The Kier molecular flexibility index (Phi) is 5.90. The van der Waals surface area contributed by atoms with Gasteiger partial charge in [-0.1, -0.05) is 26.0 Å². The van der Waals surface area contributed by atoms with Crippen LogP contribution >= 0.6 is 0 Å². The highest BCUT2D eigenvalue weighted by Gasteiger charge is 2.60. The van der Waals surface area contributed by atoms with Crippen LogP contribution in [0.3, 0.4) is 0 Å². The Morgan fingerprint density at radius 1 is 1.22 bits per heavy atom. The lowest BCUT2D eigenvalue weighted by Crippen LogP contribution is -2.53. The molecule has 2 N–H and O–H groups in total. The highest BCUT2D eigenvalue weighted by atomic mass is 19.1. The highest BCUT2D eigenvalue weighted by molar-refractivity contribution is 6.08. The van der Waals surface area contributed by atoms with E-state index in [1.165, 1.54) is 18.1 Å². The fourth-order valence-electron chi connectivity index (χ4n) is 5.69. The number of aromatic amines is 1. The van der Waals surface area contributed by atoms with Crippen molar-refractivity contribution in [1.82, 2.24) is 19.7 Å². The third kappa shape index (κ3) is 3.52. The van der Waals surface area contributed by atoms with E-state index in [0.29, 0.717) is 29.9 Å². The molecule has 3 amide bonds. The van der Waals surface area contributed by atoms with Gasteiger partial charge in [-0.25, -0.2) is 9.18 Å². The van der Waals surface area contributed by atoms with E-state index in [1.807, 2.05) is 19.9 Å². The van der Waals surface area contributed by atoms with Gasteiger partial charge in [0.25, 0.3) is 5.91 Å². The Labute approximate surface area is 209 Å². The number of hydrogen-bond donors (Lipinski definition) is 2. The number of aromatic hydroxyl groups is 1. The first kappa shape index (κ1) is 24.1. The second-order valence-electron chi connectivity index (χ2n) is 9.63. The number of carbonyl (C=O) groups is 2. The van der Waals surface area contributed by atoms with E-state index < -0.39 is 17.4 Å². The summed E-state index contributed by atoms with van der Waals surface area (Å²) in [7, 11) is 1.41. The van der Waals surface area contributed by atoms with Crippen molar-refractivity contribution in [2.75, 3.05) is 33.3 Å². The number of halogens is 1. The lowest BCUT2D eigenvalue weighted by atomic mass is 9.81. The molecule has 0 aliphatic carbocycles. The van der Waals surface area contributed by atoms with E-state index in [4.69, 9.17) is 4.74 Å². The second-order valence-corrected chi connectivity index (χ2v) is 9.63. The number of benzene rings is 2. The third-order valence-corrected chi connectivity index (χ3v) is 7.66. The van der Waals surface area contributed by atoms with E-state index in [0.717, 1.165) is 24.0 Å². The molecule has 36 heavy (non-hydrogen) atoms. The molecule has 1 fully saturated rings. The molecule has 0 bridgehead atoms. The quantitative estimate of drug-likeness (QED) is 0.484. The molecular weight excluding hydrogens is 463 g/mol. The number of carbonyl (C=O) groups excluding carboxylic acids is 2. The fraction of sp³-hybridized carbons (Fsp3) is 0.407. The van der Waals surface area contributed by atoms with E-state index in [2.05, 4.69) is 9.88 Å². The van der Waals surface area contributed by atoms with Crippen LogP contribution in [0.2, 0.25) is 0 Å². The number of fused-ring (bicyclic) bond motifs is 4. The summed E-state index contributed by atoms with van der Waals surface area (Å²) in [5, 5.41) is 11.0. The van der Waals surface area contributed by atoms with Crippen LogP contribution in [-0.2, 0) is 11.2 Å². The zero-order valence-electron chi connectivity index (χ0n) is 21.0. The average molecular weight is 495 g/mol. The minimum atomic E-state index is -1.14. The van der Waals surface area contributed by atoms with Crippen LogP contribution in [0.25, 0.3) is 10.9 Å². The Balaban J connectivity index is 1.67. The number of rotatable bonds is 7. The molecule has 5 rings (SSSR count). The Morgan fingerprint density at radius 3 is 2.64 bits per heavy atom. The molecule has 0 radical (unpaired) electrons. The van der Waals surface area contributed by atoms with Gasteiger partial charge in [-0.3, -0.25) is 14.6 Å². The zero-order chi connectivity index (χ0) is 25.8. The number of aromatic nitrogens is 1. The van der Waals surface area contributed by atoms with Gasteiger partial charge in [0.05, 0.1) is 7.11 Å². The van der Waals surface area contributed by atoms with Crippen molar-refractivity contribution in [2.45, 2.75) is 38.8 Å². The maximum atomic E-state index is 14.5. The molecule has 190 valence electrons. The third-order valence-electron chi connectivity index (χ3n) is 7.66. The van der Waals surface area contributed by atoms with Crippen molar-refractivity contribution < 1.29 is 23.8 Å². The topological polar surface area (TPSA) is 89.1 Å². The number of phenolic OH excluding ortho intramolecular Hbond substituents is 1. The van der Waals surface area contributed by atoms with Crippen molar-refractivity contribution in [3.63, 3.8) is 0 Å². The normalized spacial score (nSPS) is 21.4. The molecule has 0 spiro atoms. The number of amides is 3. The van der Waals surface area contributed by atoms with Crippen LogP contribution in [0.15, 0.2) is 36.4 Å². The van der Waals surface area contributed by atoms with Gasteiger partial charge in [-0.2, -0.15) is 0 Å². The first-order chi connectivity index (χ1) is 17.2. The maximum absolute atomic E-state index is 14.5. The number of phenols is 1. The van der Waals surface area contributed by atoms with Crippen LogP contribution in [0.5, 0.6) is 11.5 Å². The summed E-state index contributed by atoms with van der Waals surface area (Å²) in [4.78, 5) is 36.2. The van der Waals surface area contributed by atoms with Crippen LogP contribution in [0.4, 0.5) is 9.18 Å². The smallest absolute Gasteiger partial charge is 0.328 e. The molecule has 2 aliphatic heterocycles. The SMILES string of the molecule is CCN(CC)CCN1C(=O)N2C(c3cccc(O)c3)c3[nH]c4cc(F)c(OC)cc4c3CC2(C)C1=O. The summed E-state index contributed by atoms with van der Waals surface area (Å²) < 4.78 is 19.8. The Hall–Kier alpha value is -3.59. The predicted octanol–water partition coefficient (Wildman–Crippen LogP) is 4.03. The number of nitrogens with zero attached hydrogens (tertiary/aromatic N) is 3. The van der Waals surface area contributed by atoms with Crippen molar-refractivity contribution in [3.8, 4) is 11.5 Å². The lowest BCUT2D eigenvalue weighted by molar-refractivity contribution is -0.133. The Bertz CT molecular complexity index is 1350. The minimum absolute atomic E-state index is 0.0570. The highest BCUT2D eigenvalue weighted by Crippen LogP contribution is 2.49. The van der Waals surface area contributed by atoms with Gasteiger partial charge in [0.1, 0.15) is 17.3 Å². The largest absolute Gasteiger partial charge is 0.508 e.